The van der Waals surface area contributed by atoms with E-state index in [1.54, 1.807) is 0 Å². The van der Waals surface area contributed by atoms with E-state index >= 15 is 0 Å². The molecule has 1 heterocycles. The smallest absolute Gasteiger partial charge is 0.407 e. The summed E-state index contributed by atoms with van der Waals surface area (Å²) in [7, 11) is 0. The molecule has 0 unspecified atom stereocenters. The molecule has 2 N–H and O–H groups in total. The lowest BCUT2D eigenvalue weighted by molar-refractivity contribution is 0.0532. The predicted octanol–water partition coefficient (Wildman–Crippen LogP) is 1.43. The molecular weight excluding hydrogens is 192 g/mol. The number of amides is 1. The minimum absolute atomic E-state index is 0.345. The van der Waals surface area contributed by atoms with Gasteiger partial charge in [-0.2, -0.15) is 0 Å². The standard InChI is InChI=1S/C11H20N2O2/c1-11(2,3)15-10(14)13-8-9-4-6-12-7-5-9/h4,12H,5-8H2,1-3H3,(H,13,14). The lowest BCUT2D eigenvalue weighted by Crippen LogP contribution is -2.34. The summed E-state index contributed by atoms with van der Waals surface area (Å²) in [4.78, 5) is 11.3. The Morgan fingerprint density at radius 3 is 2.87 bits per heavy atom. The highest BCUT2D eigenvalue weighted by Crippen LogP contribution is 2.07. The molecule has 15 heavy (non-hydrogen) atoms. The van der Waals surface area contributed by atoms with Crippen LogP contribution in [0.3, 0.4) is 0 Å². The number of ether oxygens (including phenoxy) is 1. The third-order valence-electron chi connectivity index (χ3n) is 2.02. The van der Waals surface area contributed by atoms with Gasteiger partial charge in [0.15, 0.2) is 0 Å². The zero-order valence-electron chi connectivity index (χ0n) is 9.72. The van der Waals surface area contributed by atoms with E-state index in [0.29, 0.717) is 6.54 Å². The highest BCUT2D eigenvalue weighted by Gasteiger charge is 2.16. The van der Waals surface area contributed by atoms with E-state index in [1.807, 2.05) is 20.8 Å². The maximum absolute atomic E-state index is 11.3. The number of nitrogens with one attached hydrogen (secondary N) is 2. The number of alkyl carbamates (subject to hydrolysis) is 1. The Bertz CT molecular complexity index is 254. The molecule has 1 rings (SSSR count). The van der Waals surface area contributed by atoms with Gasteiger partial charge in [0.1, 0.15) is 5.60 Å². The summed E-state index contributed by atoms with van der Waals surface area (Å²) in [6.07, 6.45) is 2.76. The van der Waals surface area contributed by atoms with Gasteiger partial charge in [0.05, 0.1) is 0 Å². The normalized spacial score (nSPS) is 16.9. The molecule has 4 nitrogen and oxygen atoms in total. The first kappa shape index (κ1) is 12.0. The van der Waals surface area contributed by atoms with E-state index < -0.39 is 5.60 Å². The maximum atomic E-state index is 11.3. The molecule has 0 saturated carbocycles. The summed E-state index contributed by atoms with van der Waals surface area (Å²) in [6.45, 7) is 8.05. The summed E-state index contributed by atoms with van der Waals surface area (Å²) >= 11 is 0. The van der Waals surface area contributed by atoms with Crippen molar-refractivity contribution in [1.82, 2.24) is 10.6 Å². The van der Waals surface area contributed by atoms with Crippen LogP contribution in [0.4, 0.5) is 4.79 Å². The molecule has 4 heteroatoms. The molecule has 0 saturated heterocycles. The average molecular weight is 212 g/mol. The Morgan fingerprint density at radius 2 is 2.33 bits per heavy atom. The minimum atomic E-state index is -0.424. The Labute approximate surface area is 91.1 Å². The van der Waals surface area contributed by atoms with Gasteiger partial charge in [-0.05, 0) is 33.7 Å². The first-order valence-corrected chi connectivity index (χ1v) is 5.33. The van der Waals surface area contributed by atoms with Crippen LogP contribution in [0.1, 0.15) is 27.2 Å². The van der Waals surface area contributed by atoms with E-state index in [-0.39, 0.29) is 6.09 Å². The largest absolute Gasteiger partial charge is 0.444 e. The average Bonchev–Trinajstić information content (AvgIpc) is 2.14. The molecule has 1 aliphatic heterocycles. The summed E-state index contributed by atoms with van der Waals surface area (Å²) in [5, 5.41) is 5.97. The van der Waals surface area contributed by atoms with E-state index in [1.165, 1.54) is 5.57 Å². The molecule has 0 bridgehead atoms. The second-order valence-electron chi connectivity index (χ2n) is 4.67. The van der Waals surface area contributed by atoms with Crippen molar-refractivity contribution in [2.24, 2.45) is 0 Å². The number of carbonyl (C=O) groups excluding carboxylic acids is 1. The Hall–Kier alpha value is -1.03. The third kappa shape index (κ3) is 5.42. The molecule has 0 spiro atoms. The molecule has 0 aliphatic carbocycles. The summed E-state index contributed by atoms with van der Waals surface area (Å²) in [5.41, 5.74) is 0.840. The third-order valence-corrected chi connectivity index (χ3v) is 2.02. The fourth-order valence-corrected chi connectivity index (χ4v) is 1.33. The first-order chi connectivity index (χ1) is 6.97. The number of hydrogen-bond donors (Lipinski definition) is 2. The van der Waals surface area contributed by atoms with Crippen molar-refractivity contribution < 1.29 is 9.53 Å². The van der Waals surface area contributed by atoms with Gasteiger partial charge in [-0.3, -0.25) is 0 Å². The molecule has 86 valence electrons. The van der Waals surface area contributed by atoms with Crippen LogP contribution in [0.15, 0.2) is 11.6 Å². The summed E-state index contributed by atoms with van der Waals surface area (Å²) in [6, 6.07) is 0. The van der Waals surface area contributed by atoms with Crippen molar-refractivity contribution in [1.29, 1.82) is 0 Å². The molecule has 0 aromatic rings. The quantitative estimate of drug-likeness (QED) is 0.681. The zero-order chi connectivity index (χ0) is 11.3. The van der Waals surface area contributed by atoms with Crippen molar-refractivity contribution in [3.63, 3.8) is 0 Å². The monoisotopic (exact) mass is 212 g/mol. The fourth-order valence-electron chi connectivity index (χ4n) is 1.33. The van der Waals surface area contributed by atoms with Crippen LogP contribution >= 0.6 is 0 Å². The van der Waals surface area contributed by atoms with Crippen molar-refractivity contribution in [2.75, 3.05) is 19.6 Å². The SMILES string of the molecule is CC(C)(C)OC(=O)NCC1=CCNCC1. The minimum Gasteiger partial charge on any atom is -0.444 e. The van der Waals surface area contributed by atoms with Crippen LogP contribution in [0.25, 0.3) is 0 Å². The predicted molar refractivity (Wildman–Crippen MR) is 59.8 cm³/mol. The van der Waals surface area contributed by atoms with Crippen molar-refractivity contribution in [2.45, 2.75) is 32.8 Å². The van der Waals surface area contributed by atoms with Crippen LogP contribution in [0.5, 0.6) is 0 Å². The van der Waals surface area contributed by atoms with Crippen molar-refractivity contribution >= 4 is 6.09 Å². The summed E-state index contributed by atoms with van der Waals surface area (Å²) < 4.78 is 5.14. The van der Waals surface area contributed by atoms with E-state index in [4.69, 9.17) is 4.74 Å². The highest BCUT2D eigenvalue weighted by molar-refractivity contribution is 5.68. The van der Waals surface area contributed by atoms with Gasteiger partial charge >= 0.3 is 6.09 Å². The van der Waals surface area contributed by atoms with Gasteiger partial charge in [0.25, 0.3) is 0 Å². The van der Waals surface area contributed by atoms with Crippen LogP contribution in [-0.4, -0.2) is 31.3 Å². The van der Waals surface area contributed by atoms with Gasteiger partial charge in [-0.1, -0.05) is 11.6 Å². The highest BCUT2D eigenvalue weighted by atomic mass is 16.6. The molecule has 0 radical (unpaired) electrons. The van der Waals surface area contributed by atoms with Crippen LogP contribution < -0.4 is 10.6 Å². The Balaban J connectivity index is 2.24. The number of rotatable bonds is 2. The maximum Gasteiger partial charge on any atom is 0.407 e. The van der Waals surface area contributed by atoms with E-state index in [2.05, 4.69) is 16.7 Å². The van der Waals surface area contributed by atoms with Gasteiger partial charge in [-0.25, -0.2) is 4.79 Å². The molecule has 0 atom stereocenters. The zero-order valence-corrected chi connectivity index (χ0v) is 9.72. The lowest BCUT2D eigenvalue weighted by atomic mass is 10.1. The van der Waals surface area contributed by atoms with Gasteiger partial charge in [0, 0.05) is 13.1 Å². The van der Waals surface area contributed by atoms with Gasteiger partial charge in [-0.15, -0.1) is 0 Å². The molecule has 0 aromatic carbocycles. The van der Waals surface area contributed by atoms with Crippen LogP contribution in [0.2, 0.25) is 0 Å². The second kappa shape index (κ2) is 5.16. The van der Waals surface area contributed by atoms with Gasteiger partial charge < -0.3 is 15.4 Å². The van der Waals surface area contributed by atoms with Crippen molar-refractivity contribution in [3.8, 4) is 0 Å². The van der Waals surface area contributed by atoms with Crippen LogP contribution in [-0.2, 0) is 4.74 Å². The Kier molecular flexibility index (Phi) is 4.15. The molecule has 1 amide bonds. The molecule has 0 aromatic heterocycles. The number of carbonyl (C=O) groups is 1. The topological polar surface area (TPSA) is 50.4 Å². The summed E-state index contributed by atoms with van der Waals surface area (Å²) in [5.74, 6) is 0. The second-order valence-corrected chi connectivity index (χ2v) is 4.67. The molecular formula is C11H20N2O2. The number of hydrogen-bond acceptors (Lipinski definition) is 3. The van der Waals surface area contributed by atoms with E-state index in [9.17, 15) is 4.79 Å². The molecule has 1 aliphatic rings. The Morgan fingerprint density at radius 1 is 1.60 bits per heavy atom. The first-order valence-electron chi connectivity index (χ1n) is 5.33. The van der Waals surface area contributed by atoms with Gasteiger partial charge in [0.2, 0.25) is 0 Å². The fraction of sp³-hybridized carbons (Fsp3) is 0.727. The molecule has 0 fully saturated rings. The lowest BCUT2D eigenvalue weighted by Gasteiger charge is -2.20. The van der Waals surface area contributed by atoms with Crippen molar-refractivity contribution in [3.05, 3.63) is 11.6 Å². The van der Waals surface area contributed by atoms with E-state index in [0.717, 1.165) is 19.5 Å². The van der Waals surface area contributed by atoms with Crippen LogP contribution in [0, 0.1) is 0 Å².